The average Bonchev–Trinajstić information content (AvgIpc) is 2.86. The quantitative estimate of drug-likeness (QED) is 0.729. The number of halogens is 1. The van der Waals surface area contributed by atoms with Crippen molar-refractivity contribution in [2.75, 3.05) is 5.32 Å². The van der Waals surface area contributed by atoms with Gasteiger partial charge in [0.05, 0.1) is 10.6 Å². The van der Waals surface area contributed by atoms with Crippen molar-refractivity contribution >= 4 is 43.0 Å². The Balaban J connectivity index is 1.83. The van der Waals surface area contributed by atoms with E-state index in [9.17, 15) is 17.6 Å². The van der Waals surface area contributed by atoms with E-state index >= 15 is 0 Å². The first kappa shape index (κ1) is 17.5. The van der Waals surface area contributed by atoms with Crippen molar-refractivity contribution in [3.05, 3.63) is 64.3 Å². The Hall–Kier alpha value is -2.29. The number of benzene rings is 2. The molecule has 3 N–H and O–H groups in total. The van der Waals surface area contributed by atoms with E-state index in [4.69, 9.17) is 5.14 Å². The SMILES string of the molecule is Cc1c(C(=O)Nc2ccc(CS(N)(=O)=O)cc2)sc2cccc(F)c12. The first-order valence-electron chi connectivity index (χ1n) is 7.33. The number of rotatable bonds is 4. The number of fused-ring (bicyclic) bond motifs is 1. The molecule has 1 amide bonds. The molecule has 0 saturated heterocycles. The number of aryl methyl sites for hydroxylation is 1. The van der Waals surface area contributed by atoms with E-state index in [0.29, 0.717) is 31.8 Å². The lowest BCUT2D eigenvalue weighted by Gasteiger charge is -2.06. The Labute approximate surface area is 148 Å². The van der Waals surface area contributed by atoms with Crippen LogP contribution in [0.3, 0.4) is 0 Å². The predicted octanol–water partition coefficient (Wildman–Crippen LogP) is 3.39. The fourth-order valence-electron chi connectivity index (χ4n) is 2.57. The number of hydrogen-bond donors (Lipinski definition) is 2. The normalized spacial score (nSPS) is 11.6. The first-order valence-corrected chi connectivity index (χ1v) is 9.86. The Bertz CT molecular complexity index is 1060. The fourth-order valence-corrected chi connectivity index (χ4v) is 4.35. The molecule has 0 unspecified atom stereocenters. The number of nitrogens with one attached hydrogen (secondary N) is 1. The molecule has 0 atom stereocenters. The Morgan fingerprint density at radius 2 is 1.88 bits per heavy atom. The van der Waals surface area contributed by atoms with Crippen LogP contribution in [0.15, 0.2) is 42.5 Å². The number of amides is 1. The minimum Gasteiger partial charge on any atom is -0.321 e. The van der Waals surface area contributed by atoms with Crippen LogP contribution in [0.25, 0.3) is 10.1 Å². The first-order chi connectivity index (χ1) is 11.7. The third-order valence-electron chi connectivity index (χ3n) is 3.69. The van der Waals surface area contributed by atoms with Crippen molar-refractivity contribution in [3.8, 4) is 0 Å². The topological polar surface area (TPSA) is 89.3 Å². The lowest BCUT2D eigenvalue weighted by atomic mass is 10.1. The van der Waals surface area contributed by atoms with E-state index < -0.39 is 10.0 Å². The van der Waals surface area contributed by atoms with Crippen LogP contribution in [0.5, 0.6) is 0 Å². The van der Waals surface area contributed by atoms with Gasteiger partial charge in [0.25, 0.3) is 5.91 Å². The fraction of sp³-hybridized carbons (Fsp3) is 0.118. The second kappa shape index (κ2) is 6.55. The minimum absolute atomic E-state index is 0.268. The summed E-state index contributed by atoms with van der Waals surface area (Å²) in [5.41, 5.74) is 1.64. The molecule has 0 aliphatic heterocycles. The van der Waals surface area contributed by atoms with E-state index in [1.165, 1.54) is 17.4 Å². The zero-order chi connectivity index (χ0) is 18.2. The zero-order valence-electron chi connectivity index (χ0n) is 13.2. The van der Waals surface area contributed by atoms with E-state index in [-0.39, 0.29) is 17.5 Å². The van der Waals surface area contributed by atoms with Crippen molar-refractivity contribution < 1.29 is 17.6 Å². The van der Waals surface area contributed by atoms with Crippen LogP contribution in [0, 0.1) is 12.7 Å². The minimum atomic E-state index is -3.60. The largest absolute Gasteiger partial charge is 0.321 e. The van der Waals surface area contributed by atoms with Crippen LogP contribution >= 0.6 is 11.3 Å². The molecule has 25 heavy (non-hydrogen) atoms. The maximum atomic E-state index is 13.9. The summed E-state index contributed by atoms with van der Waals surface area (Å²) in [5, 5.41) is 8.20. The molecule has 1 aromatic heterocycles. The van der Waals surface area contributed by atoms with Gasteiger partial charge in [0.1, 0.15) is 5.82 Å². The highest BCUT2D eigenvalue weighted by Crippen LogP contribution is 2.33. The van der Waals surface area contributed by atoms with Crippen LogP contribution in [0.2, 0.25) is 0 Å². The van der Waals surface area contributed by atoms with E-state index in [1.807, 2.05) is 0 Å². The zero-order valence-corrected chi connectivity index (χ0v) is 14.9. The lowest BCUT2D eigenvalue weighted by Crippen LogP contribution is -2.14. The van der Waals surface area contributed by atoms with E-state index in [1.54, 1.807) is 43.3 Å². The predicted molar refractivity (Wildman–Crippen MR) is 97.7 cm³/mol. The number of carbonyl (C=O) groups excluding carboxylic acids is 1. The van der Waals surface area contributed by atoms with Gasteiger partial charge in [0.15, 0.2) is 0 Å². The summed E-state index contributed by atoms with van der Waals surface area (Å²) < 4.78 is 36.8. The number of carbonyl (C=O) groups is 1. The number of thiophene rings is 1. The summed E-state index contributed by atoms with van der Waals surface area (Å²) in [6, 6.07) is 11.1. The molecule has 2 aromatic carbocycles. The van der Waals surface area contributed by atoms with Gasteiger partial charge in [-0.1, -0.05) is 18.2 Å². The summed E-state index contributed by atoms with van der Waals surface area (Å²) in [6.45, 7) is 1.71. The summed E-state index contributed by atoms with van der Waals surface area (Å²) in [4.78, 5) is 12.9. The van der Waals surface area contributed by atoms with Crippen LogP contribution in [-0.2, 0) is 15.8 Å². The van der Waals surface area contributed by atoms with Gasteiger partial charge in [0.2, 0.25) is 10.0 Å². The number of hydrogen-bond acceptors (Lipinski definition) is 4. The van der Waals surface area contributed by atoms with E-state index in [2.05, 4.69) is 5.32 Å². The maximum Gasteiger partial charge on any atom is 0.266 e. The molecule has 130 valence electrons. The third-order valence-corrected chi connectivity index (χ3v) is 5.68. The second-order valence-electron chi connectivity index (χ2n) is 5.63. The molecule has 1 heterocycles. The standard InChI is InChI=1S/C17H15FN2O3S2/c1-10-15-13(18)3-2-4-14(15)24-16(10)17(21)20-12-7-5-11(6-8-12)9-25(19,22)23/h2-8H,9H2,1H3,(H,20,21)(H2,19,22,23). The van der Waals surface area contributed by atoms with Crippen molar-refractivity contribution in [3.63, 3.8) is 0 Å². The molecule has 0 bridgehead atoms. The van der Waals surface area contributed by atoms with Gasteiger partial charge in [-0.3, -0.25) is 4.79 Å². The molecule has 8 heteroatoms. The van der Waals surface area contributed by atoms with Gasteiger partial charge in [-0.25, -0.2) is 17.9 Å². The monoisotopic (exact) mass is 378 g/mol. The molecule has 3 rings (SSSR count). The van der Waals surface area contributed by atoms with Crippen LogP contribution < -0.4 is 10.5 Å². The highest BCUT2D eigenvalue weighted by Gasteiger charge is 2.18. The van der Waals surface area contributed by atoms with E-state index in [0.717, 1.165) is 0 Å². The second-order valence-corrected chi connectivity index (χ2v) is 8.29. The van der Waals surface area contributed by atoms with Crippen molar-refractivity contribution in [1.82, 2.24) is 0 Å². The van der Waals surface area contributed by atoms with Crippen LogP contribution in [-0.4, -0.2) is 14.3 Å². The molecular weight excluding hydrogens is 363 g/mol. The van der Waals surface area contributed by atoms with Crippen molar-refractivity contribution in [1.29, 1.82) is 0 Å². The summed E-state index contributed by atoms with van der Waals surface area (Å²) >= 11 is 1.23. The summed E-state index contributed by atoms with van der Waals surface area (Å²) in [7, 11) is -3.60. The Kier molecular flexibility index (Phi) is 4.59. The summed E-state index contributed by atoms with van der Waals surface area (Å²) in [5.74, 6) is -0.953. The number of primary sulfonamides is 1. The molecule has 5 nitrogen and oxygen atoms in total. The summed E-state index contributed by atoms with van der Waals surface area (Å²) in [6.07, 6.45) is 0. The molecule has 0 radical (unpaired) electrons. The van der Waals surface area contributed by atoms with Crippen molar-refractivity contribution in [2.24, 2.45) is 5.14 Å². The lowest BCUT2D eigenvalue weighted by molar-refractivity contribution is 0.103. The highest BCUT2D eigenvalue weighted by molar-refractivity contribution is 7.88. The van der Waals surface area contributed by atoms with Crippen LogP contribution in [0.1, 0.15) is 20.8 Å². The molecule has 0 aliphatic carbocycles. The average molecular weight is 378 g/mol. The van der Waals surface area contributed by atoms with Gasteiger partial charge >= 0.3 is 0 Å². The Morgan fingerprint density at radius 3 is 2.48 bits per heavy atom. The number of nitrogens with two attached hydrogens (primary N) is 1. The third kappa shape index (κ3) is 3.87. The van der Waals surface area contributed by atoms with Gasteiger partial charge in [-0.2, -0.15) is 0 Å². The van der Waals surface area contributed by atoms with Crippen molar-refractivity contribution in [2.45, 2.75) is 12.7 Å². The molecule has 0 aliphatic rings. The van der Waals surface area contributed by atoms with Gasteiger partial charge < -0.3 is 5.32 Å². The Morgan fingerprint density at radius 1 is 1.20 bits per heavy atom. The number of sulfonamides is 1. The van der Waals surface area contributed by atoms with Crippen LogP contribution in [0.4, 0.5) is 10.1 Å². The molecule has 0 spiro atoms. The molecular formula is C17H15FN2O3S2. The molecule has 3 aromatic rings. The molecule has 0 saturated carbocycles. The van der Waals surface area contributed by atoms with Gasteiger partial charge in [-0.05, 0) is 42.3 Å². The maximum absolute atomic E-state index is 13.9. The van der Waals surface area contributed by atoms with Gasteiger partial charge in [0, 0.05) is 15.8 Å². The number of anilines is 1. The smallest absolute Gasteiger partial charge is 0.266 e. The highest BCUT2D eigenvalue weighted by atomic mass is 32.2. The molecule has 0 fully saturated rings. The van der Waals surface area contributed by atoms with Gasteiger partial charge in [-0.15, -0.1) is 11.3 Å².